The molecule has 0 aliphatic carbocycles. The van der Waals surface area contributed by atoms with Gasteiger partial charge in [0.25, 0.3) is 5.91 Å². The molecular weight excluding hydrogens is 687 g/mol. The van der Waals surface area contributed by atoms with Crippen LogP contribution in [-0.2, 0) is 18.9 Å². The molecule has 0 aliphatic rings. The minimum absolute atomic E-state index is 0.0989. The van der Waals surface area contributed by atoms with Crippen LogP contribution in [0.4, 0.5) is 33.6 Å². The number of rotatable bonds is 26. The highest BCUT2D eigenvalue weighted by atomic mass is 19.1. The molecule has 1 heterocycles. The summed E-state index contributed by atoms with van der Waals surface area (Å²) in [5.41, 5.74) is 10.6. The zero-order chi connectivity index (χ0) is 37.4. The lowest BCUT2D eigenvalue weighted by molar-refractivity contribution is 0.0497. The molecule has 0 spiro atoms. The van der Waals surface area contributed by atoms with Gasteiger partial charge >= 0.3 is 0 Å². The normalized spacial score (nSPS) is 10.7. The van der Waals surface area contributed by atoms with Crippen molar-refractivity contribution in [2.45, 2.75) is 12.8 Å². The number of ketones is 1. The first-order valence-corrected chi connectivity index (χ1v) is 17.1. The predicted molar refractivity (Wildman–Crippen MR) is 197 cm³/mol. The van der Waals surface area contributed by atoms with Crippen molar-refractivity contribution in [3.63, 3.8) is 0 Å². The summed E-state index contributed by atoms with van der Waals surface area (Å²) in [6, 6.07) is 21.8. The molecule has 3 aromatic carbocycles. The van der Waals surface area contributed by atoms with Crippen LogP contribution in [0.2, 0.25) is 0 Å². The Bertz CT molecular complexity index is 1730. The fraction of sp³-hybridized carbons (Fsp3) is 0.361. The fourth-order valence-electron chi connectivity index (χ4n) is 4.53. The summed E-state index contributed by atoms with van der Waals surface area (Å²) in [5, 5.41) is 15.5. The first kappa shape index (κ1) is 40.1. The highest BCUT2D eigenvalue weighted by Crippen LogP contribution is 2.19. The van der Waals surface area contributed by atoms with E-state index in [1.807, 2.05) is 30.3 Å². The van der Waals surface area contributed by atoms with Crippen molar-refractivity contribution in [1.29, 1.82) is 0 Å². The van der Waals surface area contributed by atoms with E-state index in [9.17, 15) is 14.0 Å². The SMILES string of the molecule is [N-]=[N+]=NCCOCCOCCNC(=O)c1ccc(Nc2nc(NCCOCCOCCCC(=O)c3ccccc3)nc(Nc3ccc(F)cc3)n2)cc1. The van der Waals surface area contributed by atoms with Gasteiger partial charge in [0.05, 0.1) is 46.2 Å². The first-order valence-electron chi connectivity index (χ1n) is 17.1. The van der Waals surface area contributed by atoms with Gasteiger partial charge in [-0.1, -0.05) is 35.4 Å². The number of nitrogens with zero attached hydrogens (tertiary/aromatic N) is 6. The molecule has 1 amide bonds. The number of hydrogen-bond donors (Lipinski definition) is 4. The van der Waals surface area contributed by atoms with Gasteiger partial charge in [0.2, 0.25) is 17.8 Å². The maximum atomic E-state index is 13.5. The van der Waals surface area contributed by atoms with E-state index in [1.54, 1.807) is 36.4 Å². The molecule has 0 bridgehead atoms. The molecule has 17 heteroatoms. The third kappa shape index (κ3) is 16.0. The number of aromatic nitrogens is 3. The monoisotopic (exact) mass is 730 g/mol. The third-order valence-corrected chi connectivity index (χ3v) is 7.13. The zero-order valence-electron chi connectivity index (χ0n) is 29.2. The van der Waals surface area contributed by atoms with E-state index in [4.69, 9.17) is 24.5 Å². The van der Waals surface area contributed by atoms with Crippen LogP contribution < -0.4 is 21.3 Å². The number of azide groups is 1. The van der Waals surface area contributed by atoms with E-state index in [0.717, 1.165) is 0 Å². The van der Waals surface area contributed by atoms with Gasteiger partial charge in [0.1, 0.15) is 5.82 Å². The Balaban J connectivity index is 1.19. The van der Waals surface area contributed by atoms with Gasteiger partial charge in [-0.3, -0.25) is 9.59 Å². The molecule has 4 aromatic rings. The molecule has 0 aliphatic heterocycles. The average molecular weight is 731 g/mol. The Hall–Kier alpha value is -5.71. The summed E-state index contributed by atoms with van der Waals surface area (Å²) < 4.78 is 35.4. The second kappa shape index (κ2) is 23.7. The van der Waals surface area contributed by atoms with E-state index in [0.29, 0.717) is 101 Å². The van der Waals surface area contributed by atoms with Crippen LogP contribution in [0, 0.1) is 5.82 Å². The minimum Gasteiger partial charge on any atom is -0.379 e. The summed E-state index contributed by atoms with van der Waals surface area (Å²) in [7, 11) is 0. The molecule has 16 nitrogen and oxygen atoms in total. The number of anilines is 5. The molecule has 4 N–H and O–H groups in total. The van der Waals surface area contributed by atoms with Crippen molar-refractivity contribution in [1.82, 2.24) is 20.3 Å². The van der Waals surface area contributed by atoms with Gasteiger partial charge in [-0.2, -0.15) is 15.0 Å². The molecule has 4 rings (SSSR count). The van der Waals surface area contributed by atoms with E-state index in [2.05, 4.69) is 46.2 Å². The molecule has 280 valence electrons. The molecule has 0 saturated carbocycles. The highest BCUT2D eigenvalue weighted by Gasteiger charge is 2.10. The average Bonchev–Trinajstić information content (AvgIpc) is 3.17. The van der Waals surface area contributed by atoms with Gasteiger partial charge in [-0.25, -0.2) is 4.39 Å². The fourth-order valence-corrected chi connectivity index (χ4v) is 4.53. The van der Waals surface area contributed by atoms with Crippen molar-refractivity contribution >= 4 is 40.9 Å². The quantitative estimate of drug-likeness (QED) is 0.0202. The molecule has 0 radical (unpaired) electrons. The zero-order valence-corrected chi connectivity index (χ0v) is 29.2. The number of carbonyl (C=O) groups excluding carboxylic acids is 2. The van der Waals surface area contributed by atoms with E-state index in [-0.39, 0.29) is 41.9 Å². The Labute approximate surface area is 306 Å². The lowest BCUT2D eigenvalue weighted by atomic mass is 10.1. The van der Waals surface area contributed by atoms with E-state index < -0.39 is 0 Å². The van der Waals surface area contributed by atoms with Crippen LogP contribution in [0.1, 0.15) is 33.6 Å². The number of ether oxygens (including phenoxy) is 4. The van der Waals surface area contributed by atoms with Gasteiger partial charge in [0.15, 0.2) is 5.78 Å². The summed E-state index contributed by atoms with van der Waals surface area (Å²) >= 11 is 0. The topological polar surface area (TPSA) is 207 Å². The number of halogens is 1. The molecular formula is C36H43FN10O6. The van der Waals surface area contributed by atoms with Crippen LogP contribution in [-0.4, -0.2) is 99.1 Å². The number of nitrogens with one attached hydrogen (secondary N) is 4. The van der Waals surface area contributed by atoms with Gasteiger partial charge in [-0.15, -0.1) is 0 Å². The summed E-state index contributed by atoms with van der Waals surface area (Å²) in [6.07, 6.45) is 1.06. The highest BCUT2D eigenvalue weighted by molar-refractivity contribution is 5.96. The van der Waals surface area contributed by atoms with Crippen LogP contribution in [0.15, 0.2) is 84.0 Å². The number of amides is 1. The lowest BCUT2D eigenvalue weighted by Crippen LogP contribution is -2.27. The number of hydrogen-bond acceptors (Lipinski definition) is 13. The first-order chi connectivity index (χ1) is 26.0. The second-order valence-corrected chi connectivity index (χ2v) is 11.1. The number of carbonyl (C=O) groups is 2. The van der Waals surface area contributed by atoms with Gasteiger partial charge in [0, 0.05) is 60.1 Å². The molecule has 0 atom stereocenters. The summed E-state index contributed by atoms with van der Waals surface area (Å²) in [4.78, 5) is 40.7. The van der Waals surface area contributed by atoms with Crippen molar-refractivity contribution in [2.24, 2.45) is 5.11 Å². The Morgan fingerprint density at radius 3 is 1.87 bits per heavy atom. The van der Waals surface area contributed by atoms with Crippen molar-refractivity contribution < 1.29 is 32.9 Å². The van der Waals surface area contributed by atoms with Crippen molar-refractivity contribution in [2.75, 3.05) is 88.4 Å². The molecule has 53 heavy (non-hydrogen) atoms. The lowest BCUT2D eigenvalue weighted by Gasteiger charge is -2.12. The smallest absolute Gasteiger partial charge is 0.251 e. The largest absolute Gasteiger partial charge is 0.379 e. The van der Waals surface area contributed by atoms with Crippen LogP contribution >= 0.6 is 0 Å². The van der Waals surface area contributed by atoms with Gasteiger partial charge < -0.3 is 40.2 Å². The third-order valence-electron chi connectivity index (χ3n) is 7.13. The Morgan fingerprint density at radius 1 is 0.660 bits per heavy atom. The van der Waals surface area contributed by atoms with Crippen LogP contribution in [0.25, 0.3) is 10.4 Å². The number of benzene rings is 3. The molecule has 0 saturated heterocycles. The Morgan fingerprint density at radius 2 is 1.23 bits per heavy atom. The number of Topliss-reactive ketones (excluding diaryl/α,β-unsaturated/α-hetero) is 1. The maximum Gasteiger partial charge on any atom is 0.251 e. The van der Waals surface area contributed by atoms with E-state index in [1.165, 1.54) is 12.1 Å². The maximum absolute atomic E-state index is 13.5. The van der Waals surface area contributed by atoms with Gasteiger partial charge in [-0.05, 0) is 60.5 Å². The van der Waals surface area contributed by atoms with E-state index >= 15 is 0 Å². The minimum atomic E-state index is -0.369. The predicted octanol–water partition coefficient (Wildman–Crippen LogP) is 5.68. The van der Waals surface area contributed by atoms with Crippen LogP contribution in [0.5, 0.6) is 0 Å². The second-order valence-electron chi connectivity index (χ2n) is 11.1. The molecule has 0 fully saturated rings. The standard InChI is InChI=1S/C36H43FN10O6/c37-29-10-14-31(15-11-29)43-36-45-34(40-17-21-52-24-23-50-19-4-7-32(48)27-5-2-1-3-6-27)44-35(46-36)42-30-12-8-28(9-13-30)33(49)39-16-20-51-25-26-53-22-18-41-47-38/h1-3,5-6,8-15H,4,7,16-26H2,(H,39,49)(H3,40,42,43,44,45,46). The summed E-state index contributed by atoms with van der Waals surface area (Å²) in [5.74, 6) is 0.187. The van der Waals surface area contributed by atoms with Crippen molar-refractivity contribution in [3.05, 3.63) is 106 Å². The molecule has 0 unspecified atom stereocenters. The Kier molecular flexibility index (Phi) is 17.9. The van der Waals surface area contributed by atoms with Crippen LogP contribution in [0.3, 0.4) is 0 Å². The van der Waals surface area contributed by atoms with Crippen molar-refractivity contribution in [3.8, 4) is 0 Å². The molecule has 1 aromatic heterocycles. The summed E-state index contributed by atoms with van der Waals surface area (Å²) in [6.45, 7) is 3.95.